The molecule has 3 rings (SSSR count). The van der Waals surface area contributed by atoms with Crippen molar-refractivity contribution in [1.29, 1.82) is 0 Å². The topological polar surface area (TPSA) is 55.8 Å². The van der Waals surface area contributed by atoms with E-state index in [0.29, 0.717) is 24.5 Å². The van der Waals surface area contributed by atoms with Gasteiger partial charge < -0.3 is 5.11 Å². The lowest BCUT2D eigenvalue weighted by atomic mass is 9.91. The molecular formula is C16H29N3O2. The Morgan fingerprint density at radius 2 is 1.81 bits per heavy atom. The number of nitrogens with zero attached hydrogens (tertiary/aromatic N) is 2. The van der Waals surface area contributed by atoms with Crippen molar-refractivity contribution in [3.8, 4) is 0 Å². The molecule has 0 amide bonds. The van der Waals surface area contributed by atoms with Crippen molar-refractivity contribution >= 4 is 5.97 Å². The number of aliphatic carboxylic acids is 1. The molecule has 0 aromatic heterocycles. The third-order valence-electron chi connectivity index (χ3n) is 5.31. The number of rotatable bonds is 7. The number of carboxylic acid groups (broad SMARTS) is 1. The third kappa shape index (κ3) is 3.41. The van der Waals surface area contributed by atoms with Crippen LogP contribution in [-0.2, 0) is 4.79 Å². The van der Waals surface area contributed by atoms with Gasteiger partial charge in [0.15, 0.2) is 0 Å². The van der Waals surface area contributed by atoms with Crippen LogP contribution in [0.1, 0.15) is 39.5 Å². The first-order valence-corrected chi connectivity index (χ1v) is 8.49. The summed E-state index contributed by atoms with van der Waals surface area (Å²) in [5.41, 5.74) is -0.693. The molecule has 0 bridgehead atoms. The Bertz CT molecular complexity index is 385. The fourth-order valence-electron chi connectivity index (χ4n) is 3.56. The lowest BCUT2D eigenvalue weighted by molar-refractivity contribution is -0.147. The standard InChI is InChI=1S/C16H29N3O2/c1-12(2)19-9-7-18(8-10-19)11-16(15(20)21,13-3-4-13)17-14-5-6-14/h12-14,17H,3-11H2,1-2H3,(H,20,21). The van der Waals surface area contributed by atoms with Crippen LogP contribution in [-0.4, -0.2) is 71.2 Å². The zero-order valence-corrected chi connectivity index (χ0v) is 13.3. The second kappa shape index (κ2) is 5.86. The Kier molecular flexibility index (Phi) is 4.26. The Labute approximate surface area is 127 Å². The van der Waals surface area contributed by atoms with E-state index < -0.39 is 11.5 Å². The summed E-state index contributed by atoms with van der Waals surface area (Å²) in [5.74, 6) is -0.304. The van der Waals surface area contributed by atoms with Gasteiger partial charge in [-0.25, -0.2) is 0 Å². The summed E-state index contributed by atoms with van der Waals surface area (Å²) < 4.78 is 0. The Morgan fingerprint density at radius 1 is 1.19 bits per heavy atom. The molecule has 0 aromatic carbocycles. The Hall–Kier alpha value is -0.650. The van der Waals surface area contributed by atoms with Crippen molar-refractivity contribution in [2.24, 2.45) is 5.92 Å². The molecular weight excluding hydrogens is 266 g/mol. The van der Waals surface area contributed by atoms with Crippen molar-refractivity contribution in [2.45, 2.75) is 57.2 Å². The lowest BCUT2D eigenvalue weighted by Crippen LogP contribution is -2.63. The fraction of sp³-hybridized carbons (Fsp3) is 0.938. The smallest absolute Gasteiger partial charge is 0.325 e. The first-order chi connectivity index (χ1) is 10.0. The lowest BCUT2D eigenvalue weighted by Gasteiger charge is -2.41. The van der Waals surface area contributed by atoms with E-state index >= 15 is 0 Å². The largest absolute Gasteiger partial charge is 0.480 e. The highest BCUT2D eigenvalue weighted by Gasteiger charge is 2.54. The molecule has 3 fully saturated rings. The monoisotopic (exact) mass is 295 g/mol. The first-order valence-electron chi connectivity index (χ1n) is 8.49. The molecule has 0 aromatic rings. The molecule has 21 heavy (non-hydrogen) atoms. The van der Waals surface area contributed by atoms with E-state index in [1.807, 2.05) is 0 Å². The molecule has 5 nitrogen and oxygen atoms in total. The van der Waals surface area contributed by atoms with E-state index in [1.165, 1.54) is 0 Å². The van der Waals surface area contributed by atoms with Crippen LogP contribution in [0.25, 0.3) is 0 Å². The third-order valence-corrected chi connectivity index (χ3v) is 5.31. The van der Waals surface area contributed by atoms with Crippen LogP contribution < -0.4 is 5.32 Å². The van der Waals surface area contributed by atoms with Crippen LogP contribution >= 0.6 is 0 Å². The minimum atomic E-state index is -0.693. The highest BCUT2D eigenvalue weighted by atomic mass is 16.4. The van der Waals surface area contributed by atoms with Crippen molar-refractivity contribution in [2.75, 3.05) is 32.7 Å². The van der Waals surface area contributed by atoms with E-state index in [4.69, 9.17) is 0 Å². The van der Waals surface area contributed by atoms with Gasteiger partial charge in [-0.05, 0) is 45.4 Å². The number of hydrogen-bond donors (Lipinski definition) is 2. The highest BCUT2D eigenvalue weighted by Crippen LogP contribution is 2.42. The first kappa shape index (κ1) is 15.3. The van der Waals surface area contributed by atoms with Gasteiger partial charge >= 0.3 is 5.97 Å². The van der Waals surface area contributed by atoms with E-state index in [2.05, 4.69) is 29.0 Å². The van der Waals surface area contributed by atoms with Gasteiger partial charge in [0.25, 0.3) is 0 Å². The van der Waals surface area contributed by atoms with Crippen LogP contribution in [0.2, 0.25) is 0 Å². The molecule has 2 N–H and O–H groups in total. The number of hydrogen-bond acceptors (Lipinski definition) is 4. The minimum Gasteiger partial charge on any atom is -0.480 e. The van der Waals surface area contributed by atoms with Crippen molar-refractivity contribution in [3.05, 3.63) is 0 Å². The van der Waals surface area contributed by atoms with Crippen LogP contribution in [0.5, 0.6) is 0 Å². The minimum absolute atomic E-state index is 0.332. The van der Waals surface area contributed by atoms with Gasteiger partial charge in [0.1, 0.15) is 5.54 Å². The summed E-state index contributed by atoms with van der Waals surface area (Å²) >= 11 is 0. The van der Waals surface area contributed by atoms with E-state index in [0.717, 1.165) is 51.9 Å². The maximum atomic E-state index is 12.0. The zero-order valence-electron chi connectivity index (χ0n) is 13.3. The van der Waals surface area contributed by atoms with Crippen LogP contribution in [0.15, 0.2) is 0 Å². The molecule has 2 aliphatic carbocycles. The maximum Gasteiger partial charge on any atom is 0.325 e. The predicted molar refractivity (Wildman–Crippen MR) is 82.4 cm³/mol. The molecule has 0 spiro atoms. The highest BCUT2D eigenvalue weighted by molar-refractivity contribution is 5.80. The molecule has 5 heteroatoms. The summed E-state index contributed by atoms with van der Waals surface area (Å²) in [4.78, 5) is 16.9. The van der Waals surface area contributed by atoms with Gasteiger partial charge in [-0.15, -0.1) is 0 Å². The van der Waals surface area contributed by atoms with Gasteiger partial charge in [-0.2, -0.15) is 0 Å². The van der Waals surface area contributed by atoms with Crippen LogP contribution in [0.3, 0.4) is 0 Å². The predicted octanol–water partition coefficient (Wildman–Crippen LogP) is 0.998. The molecule has 1 heterocycles. The molecule has 0 radical (unpaired) electrons. The van der Waals surface area contributed by atoms with Crippen molar-refractivity contribution < 1.29 is 9.90 Å². The molecule has 1 saturated heterocycles. The second-order valence-corrected chi connectivity index (χ2v) is 7.38. The Morgan fingerprint density at radius 3 is 2.24 bits per heavy atom. The quantitative estimate of drug-likeness (QED) is 0.734. The van der Waals surface area contributed by atoms with Crippen molar-refractivity contribution in [1.82, 2.24) is 15.1 Å². The van der Waals surface area contributed by atoms with Gasteiger partial charge in [0, 0.05) is 44.8 Å². The number of piperazine rings is 1. The summed E-state index contributed by atoms with van der Waals surface area (Å²) in [7, 11) is 0. The van der Waals surface area contributed by atoms with Crippen molar-refractivity contribution in [3.63, 3.8) is 0 Å². The van der Waals surface area contributed by atoms with Crippen LogP contribution in [0.4, 0.5) is 0 Å². The average molecular weight is 295 g/mol. The molecule has 1 unspecified atom stereocenters. The summed E-state index contributed by atoms with van der Waals surface area (Å²) in [6.45, 7) is 9.24. The normalized spacial score (nSPS) is 27.8. The average Bonchev–Trinajstić information content (AvgIpc) is 3.31. The van der Waals surface area contributed by atoms with Gasteiger partial charge in [-0.1, -0.05) is 0 Å². The maximum absolute atomic E-state index is 12.0. The van der Waals surface area contributed by atoms with E-state index in [1.54, 1.807) is 0 Å². The molecule has 1 aliphatic heterocycles. The van der Waals surface area contributed by atoms with Crippen LogP contribution in [0, 0.1) is 5.92 Å². The fourth-order valence-corrected chi connectivity index (χ4v) is 3.56. The number of nitrogens with one attached hydrogen (secondary N) is 1. The summed E-state index contributed by atoms with van der Waals surface area (Å²) in [6, 6.07) is 1.03. The van der Waals surface area contributed by atoms with Gasteiger partial charge in [0.2, 0.25) is 0 Å². The summed E-state index contributed by atoms with van der Waals surface area (Å²) in [6.07, 6.45) is 4.42. The number of carboxylic acids is 1. The molecule has 2 saturated carbocycles. The molecule has 120 valence electrons. The molecule has 3 aliphatic rings. The van der Waals surface area contributed by atoms with Gasteiger partial charge in [-0.3, -0.25) is 19.9 Å². The SMILES string of the molecule is CC(C)N1CCN(CC(NC2CC2)(C(=O)O)C2CC2)CC1. The summed E-state index contributed by atoms with van der Waals surface area (Å²) in [5, 5.41) is 13.4. The Balaban J connectivity index is 1.63. The van der Waals surface area contributed by atoms with E-state index in [9.17, 15) is 9.90 Å². The zero-order chi connectivity index (χ0) is 15.0. The number of carbonyl (C=O) groups is 1. The second-order valence-electron chi connectivity index (χ2n) is 7.38. The molecule has 1 atom stereocenters. The van der Waals surface area contributed by atoms with Gasteiger partial charge in [0.05, 0.1) is 0 Å². The van der Waals surface area contributed by atoms with E-state index in [-0.39, 0.29) is 0 Å².